The number of aromatic nitrogens is 2. The van der Waals surface area contributed by atoms with E-state index in [2.05, 4.69) is 9.97 Å². The number of ether oxygens (including phenoxy) is 2. The number of nitrogens with zero attached hydrogens (tertiary/aromatic N) is 1. The third kappa shape index (κ3) is 4.00. The molecule has 0 aliphatic heterocycles. The minimum absolute atomic E-state index is 0.708. The third-order valence-corrected chi connectivity index (χ3v) is 3.32. The number of H-pyrrole nitrogens is 1. The van der Waals surface area contributed by atoms with Crippen LogP contribution in [0.4, 0.5) is 0 Å². The van der Waals surface area contributed by atoms with E-state index in [1.54, 1.807) is 25.1 Å². The van der Waals surface area contributed by atoms with Gasteiger partial charge in [-0.15, -0.1) is 0 Å². The molecule has 1 aromatic carbocycles. The predicted molar refractivity (Wildman–Crippen MR) is 72.4 cm³/mol. The number of hydrogen-bond acceptors (Lipinski definition) is 4. The molecule has 2 aromatic rings. The lowest BCUT2D eigenvalue weighted by Gasteiger charge is -2.06. The van der Waals surface area contributed by atoms with Gasteiger partial charge in [0.1, 0.15) is 11.5 Å². The van der Waals surface area contributed by atoms with Gasteiger partial charge >= 0.3 is 0 Å². The van der Waals surface area contributed by atoms with Gasteiger partial charge in [0.05, 0.1) is 13.7 Å². The van der Waals surface area contributed by atoms with Crippen LogP contribution >= 0.6 is 11.8 Å². The fourth-order valence-corrected chi connectivity index (χ4v) is 2.16. The summed E-state index contributed by atoms with van der Waals surface area (Å²) in [6.45, 7) is 0.708. The highest BCUT2D eigenvalue weighted by Crippen LogP contribution is 2.18. The summed E-state index contributed by atoms with van der Waals surface area (Å²) in [4.78, 5) is 7.20. The molecule has 0 saturated carbocycles. The molecule has 0 amide bonds. The fraction of sp³-hybridized carbons (Fsp3) is 0.308. The molecule has 0 spiro atoms. The van der Waals surface area contributed by atoms with Crippen LogP contribution in [0.2, 0.25) is 0 Å². The summed E-state index contributed by atoms with van der Waals surface area (Å²) in [7, 11) is 1.65. The molecule has 0 aliphatic rings. The zero-order valence-corrected chi connectivity index (χ0v) is 11.1. The molecule has 0 bridgehead atoms. The lowest BCUT2D eigenvalue weighted by atomic mass is 10.3. The molecule has 5 heteroatoms. The van der Waals surface area contributed by atoms with Crippen LogP contribution in [0.25, 0.3) is 0 Å². The second-order valence-corrected chi connectivity index (χ2v) is 4.70. The summed E-state index contributed by atoms with van der Waals surface area (Å²) in [6, 6.07) is 7.62. The molecule has 2 rings (SSSR count). The summed E-state index contributed by atoms with van der Waals surface area (Å²) < 4.78 is 10.7. The van der Waals surface area contributed by atoms with Crippen molar-refractivity contribution in [3.05, 3.63) is 36.7 Å². The first-order valence-electron chi connectivity index (χ1n) is 5.77. The Hall–Kier alpha value is -1.62. The van der Waals surface area contributed by atoms with E-state index in [1.807, 2.05) is 30.5 Å². The SMILES string of the molecule is COc1ccc(OCCCSc2ncc[nH]2)cc1. The Kier molecular flexibility index (Phi) is 4.96. The molecule has 0 unspecified atom stereocenters. The highest BCUT2D eigenvalue weighted by atomic mass is 32.2. The van der Waals surface area contributed by atoms with E-state index in [9.17, 15) is 0 Å². The second-order valence-electron chi connectivity index (χ2n) is 3.62. The van der Waals surface area contributed by atoms with Crippen LogP contribution < -0.4 is 9.47 Å². The third-order valence-electron chi connectivity index (χ3n) is 2.33. The summed E-state index contributed by atoms with van der Waals surface area (Å²) >= 11 is 1.70. The van der Waals surface area contributed by atoms with Crippen molar-refractivity contribution in [1.29, 1.82) is 0 Å². The Balaban J connectivity index is 1.62. The van der Waals surface area contributed by atoms with Crippen LogP contribution in [-0.4, -0.2) is 29.4 Å². The largest absolute Gasteiger partial charge is 0.497 e. The minimum Gasteiger partial charge on any atom is -0.497 e. The molecule has 1 heterocycles. The van der Waals surface area contributed by atoms with E-state index >= 15 is 0 Å². The monoisotopic (exact) mass is 264 g/mol. The van der Waals surface area contributed by atoms with Gasteiger partial charge in [-0.25, -0.2) is 4.98 Å². The van der Waals surface area contributed by atoms with Crippen LogP contribution in [-0.2, 0) is 0 Å². The van der Waals surface area contributed by atoms with Gasteiger partial charge < -0.3 is 14.5 Å². The van der Waals surface area contributed by atoms with E-state index < -0.39 is 0 Å². The van der Waals surface area contributed by atoms with Crippen molar-refractivity contribution >= 4 is 11.8 Å². The maximum absolute atomic E-state index is 5.63. The predicted octanol–water partition coefficient (Wildman–Crippen LogP) is 2.98. The molecule has 0 saturated heterocycles. The van der Waals surface area contributed by atoms with Crippen molar-refractivity contribution in [2.45, 2.75) is 11.6 Å². The van der Waals surface area contributed by atoms with Crippen molar-refractivity contribution < 1.29 is 9.47 Å². The average Bonchev–Trinajstić information content (AvgIpc) is 2.92. The van der Waals surface area contributed by atoms with Gasteiger partial charge in [-0.05, 0) is 30.7 Å². The number of nitrogens with one attached hydrogen (secondary N) is 1. The normalized spacial score (nSPS) is 10.3. The number of hydrogen-bond donors (Lipinski definition) is 1. The van der Waals surface area contributed by atoms with Gasteiger partial charge in [0.15, 0.2) is 5.16 Å². The number of thioether (sulfide) groups is 1. The van der Waals surface area contributed by atoms with E-state index in [4.69, 9.17) is 9.47 Å². The summed E-state index contributed by atoms with van der Waals surface area (Å²) in [5.41, 5.74) is 0. The molecule has 0 aliphatic carbocycles. The highest BCUT2D eigenvalue weighted by molar-refractivity contribution is 7.99. The standard InChI is InChI=1S/C13H16N2O2S/c1-16-11-3-5-12(6-4-11)17-9-2-10-18-13-14-7-8-15-13/h3-8H,2,9-10H2,1H3,(H,14,15). The van der Waals surface area contributed by atoms with Crippen LogP contribution in [0.15, 0.2) is 41.8 Å². The van der Waals surface area contributed by atoms with Gasteiger partial charge in [-0.1, -0.05) is 11.8 Å². The smallest absolute Gasteiger partial charge is 0.165 e. The Labute approximate surface area is 111 Å². The van der Waals surface area contributed by atoms with Crippen molar-refractivity contribution in [2.24, 2.45) is 0 Å². The Morgan fingerprint density at radius 1 is 1.22 bits per heavy atom. The zero-order valence-electron chi connectivity index (χ0n) is 10.3. The second kappa shape index (κ2) is 6.96. The van der Waals surface area contributed by atoms with Crippen molar-refractivity contribution in [3.63, 3.8) is 0 Å². The van der Waals surface area contributed by atoms with E-state index in [0.717, 1.165) is 28.8 Å². The fourth-order valence-electron chi connectivity index (χ4n) is 1.42. The molecule has 96 valence electrons. The zero-order chi connectivity index (χ0) is 12.6. The van der Waals surface area contributed by atoms with Gasteiger partial charge in [-0.2, -0.15) is 0 Å². The van der Waals surface area contributed by atoms with Gasteiger partial charge in [0.25, 0.3) is 0 Å². The molecular formula is C13H16N2O2S. The lowest BCUT2D eigenvalue weighted by Crippen LogP contribution is -1.98. The van der Waals surface area contributed by atoms with Crippen molar-refractivity contribution in [2.75, 3.05) is 19.5 Å². The number of imidazole rings is 1. The van der Waals surface area contributed by atoms with Crippen LogP contribution in [0.1, 0.15) is 6.42 Å². The van der Waals surface area contributed by atoms with Gasteiger partial charge in [-0.3, -0.25) is 0 Å². The van der Waals surface area contributed by atoms with Crippen molar-refractivity contribution in [3.8, 4) is 11.5 Å². The van der Waals surface area contributed by atoms with Crippen LogP contribution in [0.5, 0.6) is 11.5 Å². The first-order valence-corrected chi connectivity index (χ1v) is 6.76. The number of aromatic amines is 1. The quantitative estimate of drug-likeness (QED) is 0.617. The summed E-state index contributed by atoms with van der Waals surface area (Å²) in [5.74, 6) is 2.71. The topological polar surface area (TPSA) is 47.1 Å². The van der Waals surface area contributed by atoms with Crippen molar-refractivity contribution in [1.82, 2.24) is 9.97 Å². The Morgan fingerprint density at radius 2 is 2.00 bits per heavy atom. The van der Waals surface area contributed by atoms with E-state index in [0.29, 0.717) is 6.61 Å². The molecule has 18 heavy (non-hydrogen) atoms. The minimum atomic E-state index is 0.708. The first-order chi connectivity index (χ1) is 8.88. The van der Waals surface area contributed by atoms with Crippen LogP contribution in [0.3, 0.4) is 0 Å². The molecule has 0 atom stereocenters. The van der Waals surface area contributed by atoms with Gasteiger partial charge in [0.2, 0.25) is 0 Å². The maximum atomic E-state index is 5.63. The number of methoxy groups -OCH3 is 1. The average molecular weight is 264 g/mol. The number of benzene rings is 1. The first kappa shape index (κ1) is 12.8. The summed E-state index contributed by atoms with van der Waals surface area (Å²) in [5, 5.41) is 0.958. The van der Waals surface area contributed by atoms with E-state index in [1.165, 1.54) is 0 Å². The molecule has 0 fully saturated rings. The molecular weight excluding hydrogens is 248 g/mol. The Bertz CT molecular complexity index is 443. The number of rotatable bonds is 7. The molecule has 4 nitrogen and oxygen atoms in total. The molecule has 1 N–H and O–H groups in total. The Morgan fingerprint density at radius 3 is 2.67 bits per heavy atom. The lowest BCUT2D eigenvalue weighted by molar-refractivity contribution is 0.318. The molecule has 1 aromatic heterocycles. The molecule has 0 radical (unpaired) electrons. The van der Waals surface area contributed by atoms with Crippen LogP contribution in [0, 0.1) is 0 Å². The van der Waals surface area contributed by atoms with Gasteiger partial charge in [0, 0.05) is 18.1 Å². The maximum Gasteiger partial charge on any atom is 0.165 e. The summed E-state index contributed by atoms with van der Waals surface area (Å²) in [6.07, 6.45) is 4.57. The van der Waals surface area contributed by atoms with E-state index in [-0.39, 0.29) is 0 Å². The highest BCUT2D eigenvalue weighted by Gasteiger charge is 1.97.